The van der Waals surface area contributed by atoms with Gasteiger partial charge in [-0.25, -0.2) is 9.97 Å². The fourth-order valence-electron chi connectivity index (χ4n) is 2.52. The van der Waals surface area contributed by atoms with Crippen LogP contribution in [0.5, 0.6) is 0 Å². The predicted octanol–water partition coefficient (Wildman–Crippen LogP) is 2.96. The van der Waals surface area contributed by atoms with E-state index in [1.807, 2.05) is 0 Å². The van der Waals surface area contributed by atoms with Crippen molar-refractivity contribution in [1.29, 1.82) is 0 Å². The summed E-state index contributed by atoms with van der Waals surface area (Å²) in [6.07, 6.45) is 1.09. The average molecular weight is 292 g/mol. The maximum Gasteiger partial charge on any atom is 0.137 e. The molecule has 1 aromatic rings. The first-order valence-corrected chi connectivity index (χ1v) is 8.01. The Balaban J connectivity index is 2.39. The van der Waals surface area contributed by atoms with Crippen molar-refractivity contribution in [2.45, 2.75) is 53.0 Å². The van der Waals surface area contributed by atoms with Crippen LogP contribution in [0.4, 0.5) is 11.6 Å². The molecular weight excluding hydrogens is 264 g/mol. The summed E-state index contributed by atoms with van der Waals surface area (Å²) in [6, 6.07) is 0.353. The highest BCUT2D eigenvalue weighted by Crippen LogP contribution is 2.28. The van der Waals surface area contributed by atoms with Gasteiger partial charge in [-0.1, -0.05) is 20.8 Å². The van der Waals surface area contributed by atoms with Crippen LogP contribution in [0.1, 0.15) is 51.4 Å². The molecule has 1 aliphatic heterocycles. The van der Waals surface area contributed by atoms with E-state index < -0.39 is 0 Å². The third kappa shape index (κ3) is 3.64. The van der Waals surface area contributed by atoms with Gasteiger partial charge in [-0.15, -0.1) is 0 Å². The zero-order valence-electron chi connectivity index (χ0n) is 13.9. The van der Waals surface area contributed by atoms with Crippen molar-refractivity contribution in [3.05, 3.63) is 11.4 Å². The highest BCUT2D eigenvalue weighted by Gasteiger charge is 2.24. The molecular formula is C16H28N4O. The molecule has 1 aromatic heterocycles. The molecule has 0 saturated carbocycles. The molecule has 0 aliphatic carbocycles. The topological polar surface area (TPSA) is 50.3 Å². The first-order valence-electron chi connectivity index (χ1n) is 8.01. The molecule has 0 bridgehead atoms. The number of hydrogen-bond donors (Lipinski definition) is 1. The summed E-state index contributed by atoms with van der Waals surface area (Å²) in [6.45, 7) is 14.1. The van der Waals surface area contributed by atoms with Gasteiger partial charge in [-0.3, -0.25) is 0 Å². The average Bonchev–Trinajstić information content (AvgIpc) is 2.47. The number of anilines is 2. The monoisotopic (exact) mass is 292 g/mol. The lowest BCUT2D eigenvalue weighted by Gasteiger charge is -2.35. The number of hydrogen-bond acceptors (Lipinski definition) is 5. The number of aromatic nitrogens is 2. The molecule has 2 heterocycles. The lowest BCUT2D eigenvalue weighted by atomic mass is 10.1. The van der Waals surface area contributed by atoms with Gasteiger partial charge < -0.3 is 15.0 Å². The number of ether oxygens (including phenoxy) is 1. The van der Waals surface area contributed by atoms with Gasteiger partial charge in [0.15, 0.2) is 0 Å². The molecule has 0 spiro atoms. The van der Waals surface area contributed by atoms with Crippen molar-refractivity contribution in [1.82, 2.24) is 9.97 Å². The Labute approximate surface area is 128 Å². The molecule has 2 rings (SSSR count). The van der Waals surface area contributed by atoms with Crippen LogP contribution in [-0.2, 0) is 4.74 Å². The molecule has 1 aliphatic rings. The number of morpholine rings is 1. The second-order valence-electron chi connectivity index (χ2n) is 6.08. The van der Waals surface area contributed by atoms with E-state index >= 15 is 0 Å². The molecule has 118 valence electrons. The van der Waals surface area contributed by atoms with Gasteiger partial charge in [0.05, 0.1) is 19.3 Å². The number of nitrogens with zero attached hydrogens (tertiary/aromatic N) is 3. The lowest BCUT2D eigenvalue weighted by Crippen LogP contribution is -2.44. The van der Waals surface area contributed by atoms with Gasteiger partial charge in [-0.05, 0) is 20.3 Å². The maximum absolute atomic E-state index is 5.55. The van der Waals surface area contributed by atoms with E-state index in [9.17, 15) is 0 Å². The Hall–Kier alpha value is -1.36. The SMILES string of the molecule is CCCNc1nc(C(C)C)nc(N2CCOCC2C)c1C. The molecule has 5 heteroatoms. The van der Waals surface area contributed by atoms with Crippen LogP contribution >= 0.6 is 0 Å². The Kier molecular flexibility index (Phi) is 5.39. The summed E-state index contributed by atoms with van der Waals surface area (Å²) in [4.78, 5) is 11.9. The normalized spacial score (nSPS) is 19.1. The Morgan fingerprint density at radius 2 is 2.14 bits per heavy atom. The number of rotatable bonds is 5. The summed E-state index contributed by atoms with van der Waals surface area (Å²) < 4.78 is 5.55. The van der Waals surface area contributed by atoms with E-state index in [0.29, 0.717) is 12.0 Å². The zero-order valence-corrected chi connectivity index (χ0v) is 13.9. The van der Waals surface area contributed by atoms with Gasteiger partial charge >= 0.3 is 0 Å². The van der Waals surface area contributed by atoms with Crippen molar-refractivity contribution in [3.63, 3.8) is 0 Å². The van der Waals surface area contributed by atoms with Gasteiger partial charge in [0.25, 0.3) is 0 Å². The maximum atomic E-state index is 5.55. The molecule has 0 amide bonds. The summed E-state index contributed by atoms with van der Waals surface area (Å²) in [7, 11) is 0. The van der Waals surface area contributed by atoms with Crippen LogP contribution in [0, 0.1) is 6.92 Å². The summed E-state index contributed by atoms with van der Waals surface area (Å²) >= 11 is 0. The van der Waals surface area contributed by atoms with Crippen LogP contribution in [-0.4, -0.2) is 42.3 Å². The third-order valence-corrected chi connectivity index (χ3v) is 3.84. The second kappa shape index (κ2) is 7.07. The summed E-state index contributed by atoms with van der Waals surface area (Å²) in [5.74, 6) is 3.27. The number of nitrogens with one attached hydrogen (secondary N) is 1. The summed E-state index contributed by atoms with van der Waals surface area (Å²) in [5, 5.41) is 3.44. The Bertz CT molecular complexity index is 476. The van der Waals surface area contributed by atoms with Crippen LogP contribution in [0.2, 0.25) is 0 Å². The van der Waals surface area contributed by atoms with Crippen molar-refractivity contribution in [2.75, 3.05) is 36.5 Å². The molecule has 1 N–H and O–H groups in total. The fraction of sp³-hybridized carbons (Fsp3) is 0.750. The molecule has 21 heavy (non-hydrogen) atoms. The van der Waals surface area contributed by atoms with Crippen molar-refractivity contribution in [2.24, 2.45) is 0 Å². The molecule has 1 fully saturated rings. The van der Waals surface area contributed by atoms with Crippen molar-refractivity contribution >= 4 is 11.6 Å². The van der Waals surface area contributed by atoms with Crippen molar-refractivity contribution < 1.29 is 4.74 Å². The van der Waals surface area contributed by atoms with E-state index in [2.05, 4.69) is 44.8 Å². The van der Waals surface area contributed by atoms with E-state index in [1.165, 1.54) is 0 Å². The minimum atomic E-state index is 0.322. The van der Waals surface area contributed by atoms with Gasteiger partial charge in [0.1, 0.15) is 17.5 Å². The molecule has 1 unspecified atom stereocenters. The van der Waals surface area contributed by atoms with Crippen LogP contribution in [0.25, 0.3) is 0 Å². The third-order valence-electron chi connectivity index (χ3n) is 3.84. The predicted molar refractivity (Wildman–Crippen MR) is 87.3 cm³/mol. The van der Waals surface area contributed by atoms with E-state index in [4.69, 9.17) is 14.7 Å². The van der Waals surface area contributed by atoms with Gasteiger partial charge in [0, 0.05) is 24.6 Å². The molecule has 0 radical (unpaired) electrons. The van der Waals surface area contributed by atoms with Gasteiger partial charge in [-0.2, -0.15) is 0 Å². The molecule has 1 atom stereocenters. The molecule has 0 aromatic carbocycles. The second-order valence-corrected chi connectivity index (χ2v) is 6.08. The largest absolute Gasteiger partial charge is 0.377 e. The molecule has 5 nitrogen and oxygen atoms in total. The highest BCUT2D eigenvalue weighted by atomic mass is 16.5. The van der Waals surface area contributed by atoms with E-state index in [-0.39, 0.29) is 0 Å². The van der Waals surface area contributed by atoms with Crippen LogP contribution < -0.4 is 10.2 Å². The van der Waals surface area contributed by atoms with Crippen LogP contribution in [0.3, 0.4) is 0 Å². The summed E-state index contributed by atoms with van der Waals surface area (Å²) in [5.41, 5.74) is 1.14. The minimum absolute atomic E-state index is 0.322. The van der Waals surface area contributed by atoms with E-state index in [0.717, 1.165) is 55.7 Å². The minimum Gasteiger partial charge on any atom is -0.377 e. The van der Waals surface area contributed by atoms with Crippen LogP contribution in [0.15, 0.2) is 0 Å². The van der Waals surface area contributed by atoms with E-state index in [1.54, 1.807) is 0 Å². The first kappa shape index (κ1) is 16.0. The quantitative estimate of drug-likeness (QED) is 0.904. The Morgan fingerprint density at radius 1 is 1.38 bits per heavy atom. The fourth-order valence-corrected chi connectivity index (χ4v) is 2.52. The van der Waals surface area contributed by atoms with Crippen molar-refractivity contribution in [3.8, 4) is 0 Å². The first-order chi connectivity index (χ1) is 10.0. The zero-order chi connectivity index (χ0) is 15.4. The molecule has 1 saturated heterocycles. The Morgan fingerprint density at radius 3 is 2.76 bits per heavy atom. The standard InChI is InChI=1S/C16H28N4O/c1-6-7-17-15-13(5)16(19-14(18-15)11(2)3)20-8-9-21-10-12(20)4/h11-12H,6-10H2,1-5H3,(H,17,18,19). The lowest BCUT2D eigenvalue weighted by molar-refractivity contribution is 0.0984. The van der Waals surface area contributed by atoms with Gasteiger partial charge in [0.2, 0.25) is 0 Å². The highest BCUT2D eigenvalue weighted by molar-refractivity contribution is 5.59. The smallest absolute Gasteiger partial charge is 0.137 e.